The van der Waals surface area contributed by atoms with Gasteiger partial charge in [0.05, 0.1) is 32.1 Å². The van der Waals surface area contributed by atoms with Gasteiger partial charge in [0.2, 0.25) is 17.7 Å². The summed E-state index contributed by atoms with van der Waals surface area (Å²) < 4.78 is 50.3. The van der Waals surface area contributed by atoms with Gasteiger partial charge in [-0.05, 0) is 32.1 Å². The summed E-state index contributed by atoms with van der Waals surface area (Å²) in [5.74, 6) is 0.358. The third kappa shape index (κ3) is 22.5. The second kappa shape index (κ2) is 30.8. The number of aliphatic hydroxyl groups is 2. The van der Waals surface area contributed by atoms with E-state index in [1.165, 1.54) is 12.2 Å². The molecule has 4 rings (SSSR count). The zero-order valence-corrected chi connectivity index (χ0v) is 40.4. The van der Waals surface area contributed by atoms with Crippen molar-refractivity contribution in [3.63, 3.8) is 0 Å². The van der Waals surface area contributed by atoms with Crippen LogP contribution in [-0.4, -0.2) is 111 Å². The third-order valence-corrected chi connectivity index (χ3v) is 14.7. The van der Waals surface area contributed by atoms with Gasteiger partial charge in [-0.3, -0.25) is 42.2 Å². The molecule has 34 heteroatoms. The van der Waals surface area contributed by atoms with Crippen molar-refractivity contribution >= 4 is 65.1 Å². The number of thioether (sulfide) groups is 1. The minimum Gasteiger partial charge on any atom is -0.790 e. The maximum absolute atomic E-state index is 12.5. The molecule has 4 heterocycles. The molecule has 9 unspecified atom stereocenters. The number of ether oxygens (including phenoxy) is 1. The number of rotatable bonds is 26. The summed E-state index contributed by atoms with van der Waals surface area (Å²) in [6, 6.07) is 0.236. The molecule has 8 N–H and O–H groups in total. The van der Waals surface area contributed by atoms with Crippen LogP contribution in [0.5, 0.6) is 0 Å². The van der Waals surface area contributed by atoms with Crippen LogP contribution in [-0.2, 0) is 46.0 Å². The molecule has 0 spiro atoms. The summed E-state index contributed by atoms with van der Waals surface area (Å²) in [6.45, 7) is -0.538. The van der Waals surface area contributed by atoms with E-state index in [4.69, 9.17) is 4.74 Å². The minimum absolute atomic E-state index is 0. The van der Waals surface area contributed by atoms with Gasteiger partial charge < -0.3 is 70.2 Å². The normalized spacial score (nSPS) is 23.8. The van der Waals surface area contributed by atoms with E-state index in [2.05, 4.69) is 39.7 Å². The number of aliphatic hydroxyl groups excluding tert-OH is 2. The number of fused-ring (bicyclic) bond motifs is 1. The Hall–Kier alpha value is -0.870. The van der Waals surface area contributed by atoms with Gasteiger partial charge in [-0.1, -0.05) is 25.0 Å². The van der Waals surface area contributed by atoms with Gasteiger partial charge in [-0.25, -0.2) is 13.9 Å². The maximum atomic E-state index is 12.5. The van der Waals surface area contributed by atoms with Crippen LogP contribution in [0.15, 0.2) is 21.9 Å². The number of unbranched alkanes of at least 4 members (excludes halogenated alkanes) is 3. The number of aromatic nitrogens is 2. The first-order valence-electron chi connectivity index (χ1n) is 19.4. The quantitative estimate of drug-likeness (QED) is 0.0185. The molecule has 0 saturated carbocycles. The summed E-state index contributed by atoms with van der Waals surface area (Å²) in [6.07, 6.45) is 1.90. The van der Waals surface area contributed by atoms with Crippen LogP contribution in [0.25, 0.3) is 6.08 Å². The van der Waals surface area contributed by atoms with Crippen molar-refractivity contribution < 1.29 is 156 Å². The number of amides is 5. The van der Waals surface area contributed by atoms with Crippen molar-refractivity contribution in [1.29, 1.82) is 0 Å². The fourth-order valence-corrected chi connectivity index (χ4v) is 11.0. The molecule has 1 aromatic rings. The van der Waals surface area contributed by atoms with Crippen molar-refractivity contribution in [1.82, 2.24) is 36.1 Å². The fraction of sp³-hybridized carbons (Fsp3) is 0.688. The second-order valence-electron chi connectivity index (χ2n) is 14.3. The number of hydrogen-bond acceptors (Lipinski definition) is 20. The zero-order valence-electron chi connectivity index (χ0n) is 36.9. The fourth-order valence-electron chi connectivity index (χ4n) is 6.54. The maximum Gasteiger partial charge on any atom is 1.00 e. The Morgan fingerprint density at radius 2 is 1.42 bits per heavy atom. The molecule has 350 valence electrons. The van der Waals surface area contributed by atoms with E-state index in [9.17, 15) is 72.2 Å². The molecule has 0 aliphatic carbocycles. The predicted molar refractivity (Wildman–Crippen MR) is 208 cm³/mol. The number of H-pyrrole nitrogens is 1. The third-order valence-electron chi connectivity index (χ3n) is 9.50. The number of phosphoric acid groups is 3. The molecule has 3 fully saturated rings. The average molecular weight is 988 g/mol. The Balaban J connectivity index is 0.0000106. The monoisotopic (exact) mass is 987 g/mol. The summed E-state index contributed by atoms with van der Waals surface area (Å²) in [4.78, 5) is 119. The number of carbonyl (C=O) groups excluding carboxylic acids is 4. The summed E-state index contributed by atoms with van der Waals surface area (Å²) in [5, 5.41) is 35.3. The van der Waals surface area contributed by atoms with E-state index in [1.807, 2.05) is 16.7 Å². The molecule has 9 atom stereocenters. The van der Waals surface area contributed by atoms with Gasteiger partial charge in [0, 0.05) is 56.1 Å². The Bertz CT molecular complexity index is 2060. The molecule has 66 heavy (non-hydrogen) atoms. The molecule has 1 aromatic heterocycles. The predicted octanol–water partition coefficient (Wildman–Crippen LogP) is -15.6. The molecule has 3 aliphatic heterocycles. The van der Waals surface area contributed by atoms with Crippen LogP contribution in [0.2, 0.25) is 0 Å². The van der Waals surface area contributed by atoms with Crippen molar-refractivity contribution in [2.45, 2.75) is 106 Å². The number of carbonyl (C=O) groups is 4. The molecule has 0 aromatic carbocycles. The van der Waals surface area contributed by atoms with Crippen LogP contribution in [0, 0.1) is 0 Å². The summed E-state index contributed by atoms with van der Waals surface area (Å²) in [7, 11) is -18.5. The van der Waals surface area contributed by atoms with Crippen LogP contribution in [0.1, 0.15) is 76.0 Å². The minimum atomic E-state index is -6.27. The first-order valence-corrected chi connectivity index (χ1v) is 24.8. The van der Waals surface area contributed by atoms with Gasteiger partial charge in [0.25, 0.3) is 21.2 Å². The van der Waals surface area contributed by atoms with Crippen molar-refractivity contribution in [3.05, 3.63) is 38.7 Å². The van der Waals surface area contributed by atoms with E-state index in [0.717, 1.165) is 44.1 Å². The SMILES string of the molecule is O=C(CCCNC(=O)CCCCCNC(=O)CCCCC1SCC2NC(=O)NC21)NC/C=C/c1cn(C2OC(COP(=O)([O-])OP(=O)([O-])OP(=O)([O-])[O-])C(O)C2O)c(=O)[nH]c1=O.[Li+].[Li+].[Li+].[Li+]. The van der Waals surface area contributed by atoms with Gasteiger partial charge >= 0.3 is 87.2 Å². The molecule has 3 aliphatic rings. The zero-order chi connectivity index (χ0) is 45.7. The van der Waals surface area contributed by atoms with E-state index in [1.54, 1.807) is 0 Å². The van der Waals surface area contributed by atoms with Crippen LogP contribution < -0.4 is 133 Å². The molecular formula is C32H48Li4N7O19P3S. The average Bonchev–Trinajstić information content (AvgIpc) is 3.81. The first-order chi connectivity index (χ1) is 29.1. The Labute approximate surface area is 430 Å². The van der Waals surface area contributed by atoms with Gasteiger partial charge in [-0.2, -0.15) is 11.8 Å². The number of phosphoric ester groups is 1. The van der Waals surface area contributed by atoms with Gasteiger partial charge in [0.1, 0.15) is 18.3 Å². The molecule has 0 bridgehead atoms. The molecular weight excluding hydrogens is 939 g/mol. The van der Waals surface area contributed by atoms with E-state index >= 15 is 0 Å². The number of urea groups is 1. The number of nitrogens with zero attached hydrogens (tertiary/aromatic N) is 1. The van der Waals surface area contributed by atoms with Crippen molar-refractivity contribution in [2.24, 2.45) is 0 Å². The van der Waals surface area contributed by atoms with Crippen LogP contribution >= 0.6 is 35.2 Å². The standard InChI is InChI=1S/C32H52N7O19P3S.4Li/c40-23(10-2-1-5-13-33-24(41)11-4-3-9-22-26-20(18-62-22)36-31(46)37-26)35-15-7-12-25(42)34-14-6-8-19-16-39(32(47)38-29(19)45)30-28(44)27(43)21(56-30)17-55-60(51,52)58-61(53,54)57-59(48,49)50;;;;/h6,8,16,20-22,26-28,30,43-44H,1-5,7,9-15,17-18H2,(H,33,41)(H,34,42)(H,35,40)(H,51,52)(H,53,54)(H2,36,37,46)(H,38,45,47)(H2,48,49,50);;;;/q;4*+1/p-4/b8-6+;;;;. The summed E-state index contributed by atoms with van der Waals surface area (Å²) in [5.41, 5.74) is -2.22. The number of aromatic amines is 1. The molecule has 26 nitrogen and oxygen atoms in total. The summed E-state index contributed by atoms with van der Waals surface area (Å²) >= 11 is 1.85. The van der Waals surface area contributed by atoms with E-state index in [-0.39, 0.29) is 136 Å². The van der Waals surface area contributed by atoms with E-state index < -0.39 is 65.9 Å². The molecule has 0 radical (unpaired) electrons. The van der Waals surface area contributed by atoms with E-state index in [0.29, 0.717) is 42.0 Å². The number of nitrogens with one attached hydrogen (secondary N) is 6. The van der Waals surface area contributed by atoms with Crippen LogP contribution in [0.4, 0.5) is 4.79 Å². The largest absolute Gasteiger partial charge is 1.00 e. The molecule has 3 saturated heterocycles. The Morgan fingerprint density at radius 3 is 2.08 bits per heavy atom. The Kier molecular flexibility index (Phi) is 30.4. The number of hydrogen-bond donors (Lipinski definition) is 8. The van der Waals surface area contributed by atoms with Gasteiger partial charge in [0.15, 0.2) is 6.23 Å². The van der Waals surface area contributed by atoms with Gasteiger partial charge in [-0.15, -0.1) is 0 Å². The molecule has 5 amide bonds. The Morgan fingerprint density at radius 1 is 0.818 bits per heavy atom. The topological polar surface area (TPSA) is 404 Å². The second-order valence-corrected chi connectivity index (χ2v) is 19.8. The van der Waals surface area contributed by atoms with Crippen molar-refractivity contribution in [2.75, 3.05) is 32.0 Å². The van der Waals surface area contributed by atoms with Crippen molar-refractivity contribution in [3.8, 4) is 0 Å². The first kappa shape index (κ1) is 65.1. The smallest absolute Gasteiger partial charge is 0.790 e. The van der Waals surface area contributed by atoms with Crippen LogP contribution in [0.3, 0.4) is 0 Å².